The Morgan fingerprint density at radius 3 is 2.45 bits per heavy atom. The van der Waals surface area contributed by atoms with E-state index in [-0.39, 0.29) is 18.9 Å². The molecule has 1 unspecified atom stereocenters. The van der Waals surface area contributed by atoms with E-state index in [0.717, 1.165) is 25.0 Å². The Balaban J connectivity index is 2.30. The molecular weight excluding hydrogens is 271 g/mol. The zero-order valence-electron chi connectivity index (χ0n) is 10.8. The molecule has 3 nitrogen and oxygen atoms in total. The quantitative estimate of drug-likeness (QED) is 0.875. The van der Waals surface area contributed by atoms with Gasteiger partial charge in [0.15, 0.2) is 0 Å². The van der Waals surface area contributed by atoms with Crippen molar-refractivity contribution >= 4 is 5.97 Å². The smallest absolute Gasteiger partial charge is 0.416 e. The van der Waals surface area contributed by atoms with Gasteiger partial charge in [-0.05, 0) is 36.8 Å². The first-order chi connectivity index (χ1) is 9.29. The molecule has 110 valence electrons. The Kier molecular flexibility index (Phi) is 3.77. The molecule has 0 saturated heterocycles. The summed E-state index contributed by atoms with van der Waals surface area (Å²) in [6.07, 6.45) is -2.86. The highest BCUT2D eigenvalue weighted by molar-refractivity contribution is 5.76. The van der Waals surface area contributed by atoms with Crippen LogP contribution in [-0.2, 0) is 17.4 Å². The van der Waals surface area contributed by atoms with Crippen LogP contribution in [0.4, 0.5) is 13.2 Å². The number of carboxylic acids is 1. The second-order valence-corrected chi connectivity index (χ2v) is 5.31. The van der Waals surface area contributed by atoms with E-state index in [4.69, 9.17) is 5.73 Å². The number of alkyl halides is 3. The summed E-state index contributed by atoms with van der Waals surface area (Å²) in [6.45, 7) is -0.0662. The molecule has 1 aromatic carbocycles. The van der Waals surface area contributed by atoms with E-state index in [1.54, 1.807) is 0 Å². The summed E-state index contributed by atoms with van der Waals surface area (Å²) >= 11 is 0. The lowest BCUT2D eigenvalue weighted by atomic mass is 9.77. The van der Waals surface area contributed by atoms with Crippen LogP contribution < -0.4 is 5.73 Å². The van der Waals surface area contributed by atoms with Crippen molar-refractivity contribution in [2.24, 2.45) is 17.1 Å². The number of carboxylic acid groups (broad SMARTS) is 1. The maximum atomic E-state index is 12.7. The Labute approximate surface area is 114 Å². The number of hydrogen-bond donors (Lipinski definition) is 2. The molecular formula is C14H16F3NO2. The Hall–Kier alpha value is -1.56. The molecule has 1 aromatic rings. The van der Waals surface area contributed by atoms with Crippen LogP contribution in [0, 0.1) is 11.3 Å². The second kappa shape index (κ2) is 5.09. The van der Waals surface area contributed by atoms with Gasteiger partial charge in [0.05, 0.1) is 11.0 Å². The van der Waals surface area contributed by atoms with Gasteiger partial charge in [0.2, 0.25) is 0 Å². The van der Waals surface area contributed by atoms with E-state index in [0.29, 0.717) is 5.56 Å². The largest absolute Gasteiger partial charge is 0.481 e. The number of carbonyl (C=O) groups is 1. The molecule has 3 N–H and O–H groups in total. The van der Waals surface area contributed by atoms with Gasteiger partial charge in [-0.15, -0.1) is 0 Å². The van der Waals surface area contributed by atoms with Crippen LogP contribution in [-0.4, -0.2) is 17.6 Å². The molecule has 0 heterocycles. The fraction of sp³-hybridized carbons (Fsp3) is 0.500. The van der Waals surface area contributed by atoms with E-state index in [1.165, 1.54) is 12.1 Å². The highest BCUT2D eigenvalue weighted by atomic mass is 19.4. The number of aliphatic carboxylic acids is 1. The van der Waals surface area contributed by atoms with Crippen LogP contribution in [0.5, 0.6) is 0 Å². The fourth-order valence-electron chi connectivity index (χ4n) is 2.58. The van der Waals surface area contributed by atoms with E-state index in [9.17, 15) is 23.1 Å². The molecule has 6 heteroatoms. The highest BCUT2D eigenvalue weighted by Crippen LogP contribution is 2.47. The Morgan fingerprint density at radius 2 is 2.00 bits per heavy atom. The van der Waals surface area contributed by atoms with Crippen molar-refractivity contribution in [1.29, 1.82) is 0 Å². The minimum Gasteiger partial charge on any atom is -0.481 e. The highest BCUT2D eigenvalue weighted by Gasteiger charge is 2.50. The molecule has 0 spiro atoms. The topological polar surface area (TPSA) is 63.3 Å². The number of nitrogens with two attached hydrogens (primary N) is 1. The molecule has 1 atom stereocenters. The van der Waals surface area contributed by atoms with Crippen molar-refractivity contribution in [3.63, 3.8) is 0 Å². The fourth-order valence-corrected chi connectivity index (χ4v) is 2.58. The van der Waals surface area contributed by atoms with Gasteiger partial charge >= 0.3 is 12.1 Å². The molecule has 1 aliphatic rings. The van der Waals surface area contributed by atoms with Crippen LogP contribution >= 0.6 is 0 Å². The number of rotatable bonds is 5. The average Bonchev–Trinajstić information content (AvgIpc) is 3.19. The molecule has 1 aliphatic carbocycles. The van der Waals surface area contributed by atoms with Gasteiger partial charge < -0.3 is 10.8 Å². The van der Waals surface area contributed by atoms with E-state index >= 15 is 0 Å². The van der Waals surface area contributed by atoms with Gasteiger partial charge in [-0.25, -0.2) is 0 Å². The molecule has 20 heavy (non-hydrogen) atoms. The first kappa shape index (κ1) is 14.8. The van der Waals surface area contributed by atoms with Crippen LogP contribution in [0.3, 0.4) is 0 Å². The number of halogens is 3. The van der Waals surface area contributed by atoms with E-state index < -0.39 is 23.1 Å². The summed E-state index contributed by atoms with van der Waals surface area (Å²) < 4.78 is 38.0. The third-order valence-electron chi connectivity index (χ3n) is 3.92. The third kappa shape index (κ3) is 2.80. The van der Waals surface area contributed by atoms with Crippen LogP contribution in [0.15, 0.2) is 24.3 Å². The molecule has 1 fully saturated rings. The summed E-state index contributed by atoms with van der Waals surface area (Å²) in [6, 6.07) is 4.81. The first-order valence-electron chi connectivity index (χ1n) is 6.39. The summed E-state index contributed by atoms with van der Waals surface area (Å²) in [5, 5.41) is 9.42. The standard InChI is InChI=1S/C14H16F3NO2/c15-14(16,17)11-3-1-2-9(6-11)7-13(8-18,12(19)20)10-4-5-10/h1-3,6,10H,4-5,7-8,18H2,(H,19,20). The van der Waals surface area contributed by atoms with Crippen molar-refractivity contribution in [1.82, 2.24) is 0 Å². The minimum absolute atomic E-state index is 0.0351. The average molecular weight is 287 g/mol. The van der Waals surface area contributed by atoms with Crippen LogP contribution in [0.2, 0.25) is 0 Å². The summed E-state index contributed by atoms with van der Waals surface area (Å²) in [4.78, 5) is 11.5. The normalized spacial score (nSPS) is 18.6. The number of benzene rings is 1. The molecule has 0 aliphatic heterocycles. The van der Waals surface area contributed by atoms with Gasteiger partial charge in [0.25, 0.3) is 0 Å². The molecule has 0 amide bonds. The molecule has 0 radical (unpaired) electrons. The monoisotopic (exact) mass is 287 g/mol. The van der Waals surface area contributed by atoms with Gasteiger partial charge in [-0.2, -0.15) is 13.2 Å². The van der Waals surface area contributed by atoms with Crippen LogP contribution in [0.1, 0.15) is 24.0 Å². The summed E-state index contributed by atoms with van der Waals surface area (Å²) in [5.74, 6) is -1.07. The molecule has 2 rings (SSSR count). The lowest BCUT2D eigenvalue weighted by molar-refractivity contribution is -0.149. The van der Waals surface area contributed by atoms with Crippen molar-refractivity contribution in [2.45, 2.75) is 25.4 Å². The van der Waals surface area contributed by atoms with Gasteiger partial charge in [0.1, 0.15) is 0 Å². The van der Waals surface area contributed by atoms with E-state index in [1.807, 2.05) is 0 Å². The van der Waals surface area contributed by atoms with E-state index in [2.05, 4.69) is 0 Å². The maximum Gasteiger partial charge on any atom is 0.416 e. The Bertz CT molecular complexity index is 511. The zero-order chi connectivity index (χ0) is 15.0. The molecule has 1 saturated carbocycles. The molecule has 0 aromatic heterocycles. The van der Waals surface area contributed by atoms with Gasteiger partial charge in [0, 0.05) is 6.54 Å². The number of hydrogen-bond acceptors (Lipinski definition) is 2. The second-order valence-electron chi connectivity index (χ2n) is 5.31. The molecule has 0 bridgehead atoms. The lowest BCUT2D eigenvalue weighted by Gasteiger charge is -2.28. The van der Waals surface area contributed by atoms with Crippen molar-refractivity contribution in [3.05, 3.63) is 35.4 Å². The Morgan fingerprint density at radius 1 is 1.35 bits per heavy atom. The predicted octanol–water partition coefficient (Wildman–Crippen LogP) is 2.69. The van der Waals surface area contributed by atoms with Gasteiger partial charge in [-0.1, -0.05) is 18.2 Å². The lowest BCUT2D eigenvalue weighted by Crippen LogP contribution is -2.42. The first-order valence-corrected chi connectivity index (χ1v) is 6.39. The van der Waals surface area contributed by atoms with Crippen molar-refractivity contribution in [2.75, 3.05) is 6.54 Å². The summed E-state index contributed by atoms with van der Waals surface area (Å²) in [7, 11) is 0. The SMILES string of the molecule is NCC(Cc1cccc(C(F)(F)F)c1)(C(=O)O)C1CC1. The third-order valence-corrected chi connectivity index (χ3v) is 3.92. The zero-order valence-corrected chi connectivity index (χ0v) is 10.8. The van der Waals surface area contributed by atoms with Gasteiger partial charge in [-0.3, -0.25) is 4.79 Å². The van der Waals surface area contributed by atoms with Crippen molar-refractivity contribution in [3.8, 4) is 0 Å². The minimum atomic E-state index is -4.43. The summed E-state index contributed by atoms with van der Waals surface area (Å²) in [5.41, 5.74) is 4.07. The maximum absolute atomic E-state index is 12.7. The van der Waals surface area contributed by atoms with Crippen LogP contribution in [0.25, 0.3) is 0 Å². The van der Waals surface area contributed by atoms with Crippen molar-refractivity contribution < 1.29 is 23.1 Å². The predicted molar refractivity (Wildman–Crippen MR) is 67.0 cm³/mol.